The van der Waals surface area contributed by atoms with Crippen molar-refractivity contribution in [3.05, 3.63) is 60.0 Å². The fraction of sp³-hybridized carbons (Fsp3) is 0.300. The first-order chi connectivity index (χ1) is 13.2. The minimum atomic E-state index is 0.620. The van der Waals surface area contributed by atoms with Crippen LogP contribution in [-0.2, 0) is 0 Å². The zero-order valence-corrected chi connectivity index (χ0v) is 15.6. The molecule has 0 unspecified atom stereocenters. The van der Waals surface area contributed by atoms with Gasteiger partial charge in [-0.1, -0.05) is 12.1 Å². The van der Waals surface area contributed by atoms with Gasteiger partial charge >= 0.3 is 0 Å². The molecule has 3 heterocycles. The number of hydrogen-bond acceptors (Lipinski definition) is 7. The summed E-state index contributed by atoms with van der Waals surface area (Å²) >= 11 is 0. The van der Waals surface area contributed by atoms with Gasteiger partial charge in [0.05, 0.1) is 0 Å². The van der Waals surface area contributed by atoms with Gasteiger partial charge in [0.15, 0.2) is 0 Å². The molecule has 4 rings (SSSR count). The molecular weight excluding hydrogens is 338 g/mol. The molecule has 0 aliphatic carbocycles. The van der Waals surface area contributed by atoms with Gasteiger partial charge < -0.3 is 15.1 Å². The Morgan fingerprint density at radius 3 is 2.33 bits per heavy atom. The van der Waals surface area contributed by atoms with Crippen LogP contribution in [0, 0.1) is 13.8 Å². The molecule has 1 aromatic carbocycles. The minimum Gasteiger partial charge on any atom is -0.353 e. The molecule has 1 aliphatic heterocycles. The van der Waals surface area contributed by atoms with Crippen LogP contribution in [0.3, 0.4) is 0 Å². The van der Waals surface area contributed by atoms with Gasteiger partial charge in [-0.15, -0.1) is 0 Å². The largest absolute Gasteiger partial charge is 0.353 e. The molecule has 1 fully saturated rings. The maximum Gasteiger partial charge on any atom is 0.229 e. The summed E-state index contributed by atoms with van der Waals surface area (Å²) in [6, 6.07) is 10.00. The summed E-state index contributed by atoms with van der Waals surface area (Å²) in [7, 11) is 0. The van der Waals surface area contributed by atoms with Gasteiger partial charge in [0, 0.05) is 50.5 Å². The molecule has 0 radical (unpaired) electrons. The Hall–Kier alpha value is -3.22. The second-order valence-electron chi connectivity index (χ2n) is 6.63. The summed E-state index contributed by atoms with van der Waals surface area (Å²) in [5.74, 6) is 2.35. The molecule has 0 spiro atoms. The van der Waals surface area contributed by atoms with Crippen LogP contribution in [0.2, 0.25) is 0 Å². The van der Waals surface area contributed by atoms with Gasteiger partial charge in [0.1, 0.15) is 5.82 Å². The van der Waals surface area contributed by atoms with Crippen molar-refractivity contribution < 1.29 is 0 Å². The number of nitrogens with one attached hydrogen (secondary N) is 1. The molecule has 7 heteroatoms. The second kappa shape index (κ2) is 7.57. The average molecular weight is 361 g/mol. The standard InChI is InChI=1S/C20H23N7/c1-15-5-3-6-17(16(15)2)24-19-21-10-7-18(25-19)26-11-13-27(14-12-26)20-22-8-4-9-23-20/h3-10H,11-14H2,1-2H3,(H,21,24,25). The van der Waals surface area contributed by atoms with E-state index < -0.39 is 0 Å². The molecule has 7 nitrogen and oxygen atoms in total. The van der Waals surface area contributed by atoms with Gasteiger partial charge in [0.2, 0.25) is 11.9 Å². The number of aromatic nitrogens is 4. The smallest absolute Gasteiger partial charge is 0.229 e. The third-order valence-electron chi connectivity index (χ3n) is 4.93. The van der Waals surface area contributed by atoms with E-state index in [1.165, 1.54) is 11.1 Å². The maximum atomic E-state index is 4.71. The van der Waals surface area contributed by atoms with Crippen molar-refractivity contribution in [2.24, 2.45) is 0 Å². The molecule has 0 atom stereocenters. The van der Waals surface area contributed by atoms with Gasteiger partial charge in [-0.25, -0.2) is 15.0 Å². The van der Waals surface area contributed by atoms with Crippen LogP contribution in [0.1, 0.15) is 11.1 Å². The number of anilines is 4. The predicted molar refractivity (Wildman–Crippen MR) is 108 cm³/mol. The zero-order chi connectivity index (χ0) is 18.6. The lowest BCUT2D eigenvalue weighted by molar-refractivity contribution is 0.634. The highest BCUT2D eigenvalue weighted by Crippen LogP contribution is 2.22. The van der Waals surface area contributed by atoms with Crippen molar-refractivity contribution in [1.29, 1.82) is 0 Å². The van der Waals surface area contributed by atoms with Crippen LogP contribution < -0.4 is 15.1 Å². The van der Waals surface area contributed by atoms with Crippen LogP contribution in [0.25, 0.3) is 0 Å². The first-order valence-electron chi connectivity index (χ1n) is 9.14. The number of hydrogen-bond donors (Lipinski definition) is 1. The van der Waals surface area contributed by atoms with E-state index in [0.717, 1.165) is 43.6 Å². The van der Waals surface area contributed by atoms with Gasteiger partial charge in [-0.3, -0.25) is 0 Å². The normalized spacial score (nSPS) is 14.3. The van der Waals surface area contributed by atoms with Crippen molar-refractivity contribution in [2.45, 2.75) is 13.8 Å². The highest BCUT2D eigenvalue weighted by atomic mass is 15.3. The van der Waals surface area contributed by atoms with Crippen LogP contribution >= 0.6 is 0 Å². The Kier molecular flexibility index (Phi) is 4.82. The van der Waals surface area contributed by atoms with Gasteiger partial charge in [-0.2, -0.15) is 4.98 Å². The summed E-state index contributed by atoms with van der Waals surface area (Å²) in [5.41, 5.74) is 3.50. The molecular formula is C20H23N7. The number of nitrogens with zero attached hydrogens (tertiary/aromatic N) is 6. The lowest BCUT2D eigenvalue weighted by atomic mass is 10.1. The summed E-state index contributed by atoms with van der Waals surface area (Å²) in [4.78, 5) is 22.2. The van der Waals surface area contributed by atoms with Crippen LogP contribution in [0.15, 0.2) is 48.9 Å². The monoisotopic (exact) mass is 361 g/mol. The SMILES string of the molecule is Cc1cccc(Nc2nccc(N3CCN(c4ncccn4)CC3)n2)c1C. The Balaban J connectivity index is 1.45. The number of rotatable bonds is 4. The second-order valence-corrected chi connectivity index (χ2v) is 6.63. The quantitative estimate of drug-likeness (QED) is 0.766. The maximum absolute atomic E-state index is 4.71. The molecule has 2 aromatic heterocycles. The van der Waals surface area contributed by atoms with E-state index in [2.05, 4.69) is 56.0 Å². The fourth-order valence-electron chi connectivity index (χ4n) is 3.18. The molecule has 3 aromatic rings. The van der Waals surface area contributed by atoms with Crippen molar-refractivity contribution in [2.75, 3.05) is 41.3 Å². The summed E-state index contributed by atoms with van der Waals surface area (Å²) in [6.45, 7) is 7.69. The lowest BCUT2D eigenvalue weighted by Crippen LogP contribution is -2.47. The van der Waals surface area contributed by atoms with Crippen molar-refractivity contribution in [1.82, 2.24) is 19.9 Å². The first-order valence-corrected chi connectivity index (χ1v) is 9.14. The van der Waals surface area contributed by atoms with E-state index in [9.17, 15) is 0 Å². The lowest BCUT2D eigenvalue weighted by Gasteiger charge is -2.35. The van der Waals surface area contributed by atoms with Crippen molar-refractivity contribution in [3.8, 4) is 0 Å². The molecule has 1 aliphatic rings. The summed E-state index contributed by atoms with van der Waals surface area (Å²) in [6.07, 6.45) is 5.37. The Morgan fingerprint density at radius 2 is 1.56 bits per heavy atom. The average Bonchev–Trinajstić information content (AvgIpc) is 2.72. The van der Waals surface area contributed by atoms with E-state index in [1.807, 2.05) is 24.4 Å². The third-order valence-corrected chi connectivity index (χ3v) is 4.93. The van der Waals surface area contributed by atoms with Crippen LogP contribution in [0.4, 0.5) is 23.4 Å². The molecule has 1 N–H and O–H groups in total. The summed E-state index contributed by atoms with van der Waals surface area (Å²) < 4.78 is 0. The Morgan fingerprint density at radius 1 is 0.815 bits per heavy atom. The predicted octanol–water partition coefficient (Wildman–Crippen LogP) is 2.95. The number of aryl methyl sites for hydroxylation is 1. The Labute approximate surface area is 159 Å². The van der Waals surface area contributed by atoms with E-state index in [0.29, 0.717) is 5.95 Å². The van der Waals surface area contributed by atoms with Gasteiger partial charge in [0.25, 0.3) is 0 Å². The van der Waals surface area contributed by atoms with E-state index in [4.69, 9.17) is 4.98 Å². The zero-order valence-electron chi connectivity index (χ0n) is 15.6. The van der Waals surface area contributed by atoms with E-state index in [-0.39, 0.29) is 0 Å². The number of piperazine rings is 1. The fourth-order valence-corrected chi connectivity index (χ4v) is 3.18. The first kappa shape index (κ1) is 17.2. The molecule has 0 amide bonds. The van der Waals surface area contributed by atoms with Crippen LogP contribution in [-0.4, -0.2) is 46.1 Å². The molecule has 0 bridgehead atoms. The molecule has 138 valence electrons. The number of benzene rings is 1. The van der Waals surface area contributed by atoms with Crippen molar-refractivity contribution in [3.63, 3.8) is 0 Å². The van der Waals surface area contributed by atoms with E-state index in [1.54, 1.807) is 12.4 Å². The summed E-state index contributed by atoms with van der Waals surface area (Å²) in [5, 5.41) is 3.35. The molecule has 1 saturated heterocycles. The highest BCUT2D eigenvalue weighted by Gasteiger charge is 2.20. The topological polar surface area (TPSA) is 70.1 Å². The molecule has 27 heavy (non-hydrogen) atoms. The van der Waals surface area contributed by atoms with Crippen molar-refractivity contribution >= 4 is 23.4 Å². The third kappa shape index (κ3) is 3.81. The van der Waals surface area contributed by atoms with Crippen LogP contribution in [0.5, 0.6) is 0 Å². The minimum absolute atomic E-state index is 0.620. The Bertz CT molecular complexity index is 905. The van der Waals surface area contributed by atoms with E-state index >= 15 is 0 Å². The molecule has 0 saturated carbocycles. The highest BCUT2D eigenvalue weighted by molar-refractivity contribution is 5.61. The van der Waals surface area contributed by atoms with Gasteiger partial charge in [-0.05, 0) is 43.2 Å².